The van der Waals surface area contributed by atoms with Gasteiger partial charge in [0.2, 0.25) is 0 Å². The highest BCUT2D eigenvalue weighted by atomic mass is 16.5. The van der Waals surface area contributed by atoms with Crippen LogP contribution in [0.3, 0.4) is 0 Å². The minimum Gasteiger partial charge on any atom is -0.493 e. The van der Waals surface area contributed by atoms with Crippen LogP contribution in [0.15, 0.2) is 72.8 Å². The van der Waals surface area contributed by atoms with Crippen LogP contribution in [-0.4, -0.2) is 28.4 Å². The number of hydrogen-bond acceptors (Lipinski definition) is 4. The van der Waals surface area contributed by atoms with Gasteiger partial charge in [-0.15, -0.1) is 0 Å². The maximum atomic E-state index is 5.70. The Balaban J connectivity index is 1.78. The fourth-order valence-electron chi connectivity index (χ4n) is 5.32. The summed E-state index contributed by atoms with van der Waals surface area (Å²) in [7, 11) is 6.67. The SMILES string of the molecule is COc1cc2c(cc1OC)-c1cc(OC)c(OC)cc1C2=C1c2ccccc2-c2ccccc21. The van der Waals surface area contributed by atoms with Gasteiger partial charge in [0.1, 0.15) is 0 Å². The molecule has 34 heavy (non-hydrogen) atoms. The lowest BCUT2D eigenvalue weighted by atomic mass is 9.91. The summed E-state index contributed by atoms with van der Waals surface area (Å²) in [5.41, 5.74) is 11.7. The van der Waals surface area contributed by atoms with Gasteiger partial charge in [0, 0.05) is 0 Å². The second-order valence-electron chi connectivity index (χ2n) is 8.35. The van der Waals surface area contributed by atoms with E-state index in [2.05, 4.69) is 72.8 Å². The number of rotatable bonds is 4. The first-order valence-electron chi connectivity index (χ1n) is 11.2. The van der Waals surface area contributed by atoms with E-state index in [1.165, 1.54) is 27.8 Å². The van der Waals surface area contributed by atoms with Gasteiger partial charge in [0.05, 0.1) is 28.4 Å². The van der Waals surface area contributed by atoms with Gasteiger partial charge in [-0.3, -0.25) is 0 Å². The third-order valence-electron chi connectivity index (χ3n) is 6.81. The summed E-state index contributed by atoms with van der Waals surface area (Å²) in [5.74, 6) is 2.79. The van der Waals surface area contributed by atoms with Crippen molar-refractivity contribution in [1.29, 1.82) is 0 Å². The van der Waals surface area contributed by atoms with Crippen molar-refractivity contribution in [2.24, 2.45) is 0 Å². The molecule has 0 atom stereocenters. The van der Waals surface area contributed by atoms with E-state index in [-0.39, 0.29) is 0 Å². The van der Waals surface area contributed by atoms with Gasteiger partial charge in [0.15, 0.2) is 23.0 Å². The summed E-state index contributed by atoms with van der Waals surface area (Å²) in [4.78, 5) is 0. The van der Waals surface area contributed by atoms with Gasteiger partial charge in [-0.1, -0.05) is 48.5 Å². The number of fused-ring (bicyclic) bond motifs is 6. The topological polar surface area (TPSA) is 36.9 Å². The zero-order valence-corrected chi connectivity index (χ0v) is 19.6. The Kier molecular flexibility index (Phi) is 4.63. The second-order valence-corrected chi connectivity index (χ2v) is 8.35. The zero-order valence-electron chi connectivity index (χ0n) is 19.6. The van der Waals surface area contributed by atoms with Crippen LogP contribution in [-0.2, 0) is 0 Å². The number of hydrogen-bond donors (Lipinski definition) is 0. The predicted octanol–water partition coefficient (Wildman–Crippen LogP) is 6.69. The van der Waals surface area contributed by atoms with Crippen molar-refractivity contribution in [3.05, 3.63) is 95.1 Å². The molecule has 0 unspecified atom stereocenters. The summed E-state index contributed by atoms with van der Waals surface area (Å²) in [6.07, 6.45) is 0. The molecule has 0 bridgehead atoms. The highest BCUT2D eigenvalue weighted by molar-refractivity contribution is 6.19. The van der Waals surface area contributed by atoms with Crippen molar-refractivity contribution in [3.63, 3.8) is 0 Å². The molecule has 4 nitrogen and oxygen atoms in total. The summed E-state index contributed by atoms with van der Waals surface area (Å²) in [5, 5.41) is 0. The molecule has 0 saturated carbocycles. The lowest BCUT2D eigenvalue weighted by molar-refractivity contribution is 0.354. The van der Waals surface area contributed by atoms with Crippen LogP contribution < -0.4 is 18.9 Å². The fraction of sp³-hybridized carbons (Fsp3) is 0.133. The minimum atomic E-state index is 0.695. The van der Waals surface area contributed by atoms with Crippen molar-refractivity contribution in [1.82, 2.24) is 0 Å². The molecule has 4 aromatic rings. The molecule has 0 radical (unpaired) electrons. The van der Waals surface area contributed by atoms with Gasteiger partial charge in [-0.05, 0) is 79.9 Å². The van der Waals surface area contributed by atoms with Crippen molar-refractivity contribution in [2.75, 3.05) is 28.4 Å². The van der Waals surface area contributed by atoms with E-state index in [0.29, 0.717) is 23.0 Å². The predicted molar refractivity (Wildman–Crippen MR) is 135 cm³/mol. The molecule has 168 valence electrons. The molecule has 0 spiro atoms. The molecule has 2 aliphatic rings. The summed E-state index contributed by atoms with van der Waals surface area (Å²) < 4.78 is 22.7. The van der Waals surface area contributed by atoms with Crippen LogP contribution in [0.4, 0.5) is 0 Å². The highest BCUT2D eigenvalue weighted by Crippen LogP contribution is 2.57. The largest absolute Gasteiger partial charge is 0.493 e. The second kappa shape index (κ2) is 7.70. The number of benzene rings is 4. The third-order valence-corrected chi connectivity index (χ3v) is 6.81. The molecule has 4 aromatic carbocycles. The van der Waals surface area contributed by atoms with E-state index in [0.717, 1.165) is 27.8 Å². The molecule has 0 N–H and O–H groups in total. The van der Waals surface area contributed by atoms with Crippen molar-refractivity contribution in [2.45, 2.75) is 0 Å². The molecule has 0 amide bonds. The van der Waals surface area contributed by atoms with E-state index >= 15 is 0 Å². The number of ether oxygens (including phenoxy) is 4. The Labute approximate surface area is 199 Å². The fourth-order valence-corrected chi connectivity index (χ4v) is 5.32. The molecule has 0 heterocycles. The Bertz CT molecular complexity index is 1390. The average Bonchev–Trinajstić information content (AvgIpc) is 3.38. The van der Waals surface area contributed by atoms with Gasteiger partial charge < -0.3 is 18.9 Å². The van der Waals surface area contributed by atoms with Crippen LogP contribution in [0.2, 0.25) is 0 Å². The zero-order chi connectivity index (χ0) is 23.4. The van der Waals surface area contributed by atoms with Gasteiger partial charge >= 0.3 is 0 Å². The standard InChI is InChI=1S/C30H24O4/c1-31-25-13-21-22-14-26(32-2)28(34-4)16-24(22)30(23(21)15-27(25)33-3)29-19-11-7-5-9-17(19)18-10-6-8-12-20(18)29/h5-16H,1-4H3. The van der Waals surface area contributed by atoms with Gasteiger partial charge in [0.25, 0.3) is 0 Å². The molecule has 4 heteroatoms. The van der Waals surface area contributed by atoms with Crippen LogP contribution in [0.25, 0.3) is 33.4 Å². The van der Waals surface area contributed by atoms with E-state index < -0.39 is 0 Å². The lowest BCUT2D eigenvalue weighted by Gasteiger charge is -2.14. The Morgan fingerprint density at radius 1 is 0.353 bits per heavy atom. The summed E-state index contributed by atoms with van der Waals surface area (Å²) >= 11 is 0. The Morgan fingerprint density at radius 3 is 1.00 bits per heavy atom. The Hall–Kier alpha value is -4.18. The molecule has 0 aliphatic heterocycles. The van der Waals surface area contributed by atoms with Crippen molar-refractivity contribution < 1.29 is 18.9 Å². The summed E-state index contributed by atoms with van der Waals surface area (Å²) in [6.45, 7) is 0. The quantitative estimate of drug-likeness (QED) is 0.301. The smallest absolute Gasteiger partial charge is 0.161 e. The normalized spacial score (nSPS) is 12.6. The van der Waals surface area contributed by atoms with Crippen LogP contribution >= 0.6 is 0 Å². The molecule has 0 aromatic heterocycles. The molecular weight excluding hydrogens is 424 g/mol. The van der Waals surface area contributed by atoms with Gasteiger partial charge in [-0.25, -0.2) is 0 Å². The van der Waals surface area contributed by atoms with E-state index in [4.69, 9.17) is 18.9 Å². The van der Waals surface area contributed by atoms with Crippen LogP contribution in [0.1, 0.15) is 22.3 Å². The maximum Gasteiger partial charge on any atom is 0.161 e. The highest BCUT2D eigenvalue weighted by Gasteiger charge is 2.34. The Morgan fingerprint density at radius 2 is 0.647 bits per heavy atom. The van der Waals surface area contributed by atoms with Crippen LogP contribution in [0.5, 0.6) is 23.0 Å². The van der Waals surface area contributed by atoms with Crippen molar-refractivity contribution in [3.8, 4) is 45.3 Å². The van der Waals surface area contributed by atoms with E-state index in [9.17, 15) is 0 Å². The first-order valence-corrected chi connectivity index (χ1v) is 11.2. The van der Waals surface area contributed by atoms with Gasteiger partial charge in [-0.2, -0.15) is 0 Å². The third kappa shape index (κ3) is 2.72. The lowest BCUT2D eigenvalue weighted by Crippen LogP contribution is -1.95. The minimum absolute atomic E-state index is 0.695. The van der Waals surface area contributed by atoms with Crippen molar-refractivity contribution >= 4 is 11.1 Å². The molecule has 0 saturated heterocycles. The molecule has 2 aliphatic carbocycles. The first-order chi connectivity index (χ1) is 16.7. The monoisotopic (exact) mass is 448 g/mol. The molecular formula is C30H24O4. The summed E-state index contributed by atoms with van der Waals surface area (Å²) in [6, 6.07) is 25.5. The number of methoxy groups -OCH3 is 4. The maximum absolute atomic E-state index is 5.70. The van der Waals surface area contributed by atoms with E-state index in [1.54, 1.807) is 28.4 Å². The van der Waals surface area contributed by atoms with Crippen LogP contribution in [0, 0.1) is 0 Å². The average molecular weight is 449 g/mol. The first kappa shape index (κ1) is 20.4. The van der Waals surface area contributed by atoms with E-state index in [1.807, 2.05) is 0 Å². The molecule has 6 rings (SSSR count). The molecule has 0 fully saturated rings.